The zero-order valence-corrected chi connectivity index (χ0v) is 10.7. The zero-order valence-electron chi connectivity index (χ0n) is 9.09. The molecule has 0 aliphatic carbocycles. The van der Waals surface area contributed by atoms with Crippen molar-refractivity contribution in [1.82, 2.24) is 14.8 Å². The largest absolute Gasteiger partial charge is 0.481 e. The molecule has 1 aromatic heterocycles. The highest BCUT2D eigenvalue weighted by Gasteiger charge is 2.14. The fourth-order valence-corrected chi connectivity index (χ4v) is 1.98. The monoisotopic (exact) mass is 295 g/mol. The number of carboxylic acid groups (broad SMARTS) is 1. The van der Waals surface area contributed by atoms with Crippen molar-refractivity contribution in [3.05, 3.63) is 40.4 Å². The van der Waals surface area contributed by atoms with Gasteiger partial charge in [-0.3, -0.25) is 4.79 Å². The number of carbonyl (C=O) groups is 1. The standard InChI is InChI=1S/C11H10BrN3O2/c1-7-13-10(6-11(16)17)15(14-7)9-5-3-2-4-8(9)12/h2-5H,6H2,1H3,(H,16,17). The molecule has 0 saturated carbocycles. The Balaban J connectivity index is 2.51. The first kappa shape index (κ1) is 11.8. The van der Waals surface area contributed by atoms with Crippen LogP contribution in [0.1, 0.15) is 11.6 Å². The average Bonchev–Trinajstić information content (AvgIpc) is 2.59. The molecule has 0 radical (unpaired) electrons. The number of nitrogens with zero attached hydrogens (tertiary/aromatic N) is 3. The van der Waals surface area contributed by atoms with E-state index in [2.05, 4.69) is 26.0 Å². The number of benzene rings is 1. The van der Waals surface area contributed by atoms with Gasteiger partial charge in [0.05, 0.1) is 5.69 Å². The van der Waals surface area contributed by atoms with E-state index in [1.807, 2.05) is 24.3 Å². The SMILES string of the molecule is Cc1nc(CC(=O)O)n(-c2ccccc2Br)n1. The Morgan fingerprint density at radius 3 is 2.82 bits per heavy atom. The van der Waals surface area contributed by atoms with Crippen LogP contribution in [0.25, 0.3) is 5.69 Å². The summed E-state index contributed by atoms with van der Waals surface area (Å²) in [5.74, 6) is 0.0459. The number of hydrogen-bond acceptors (Lipinski definition) is 3. The van der Waals surface area contributed by atoms with E-state index in [1.165, 1.54) is 0 Å². The van der Waals surface area contributed by atoms with Gasteiger partial charge in [0, 0.05) is 4.47 Å². The van der Waals surface area contributed by atoms with Crippen LogP contribution in [0.5, 0.6) is 0 Å². The molecule has 0 aliphatic heterocycles. The van der Waals surface area contributed by atoms with Crippen LogP contribution in [0.15, 0.2) is 28.7 Å². The van der Waals surface area contributed by atoms with Crippen LogP contribution in [-0.4, -0.2) is 25.8 Å². The van der Waals surface area contributed by atoms with E-state index in [9.17, 15) is 4.79 Å². The molecule has 0 bridgehead atoms. The van der Waals surface area contributed by atoms with E-state index in [-0.39, 0.29) is 6.42 Å². The summed E-state index contributed by atoms with van der Waals surface area (Å²) in [5.41, 5.74) is 0.782. The summed E-state index contributed by atoms with van der Waals surface area (Å²) >= 11 is 3.41. The van der Waals surface area contributed by atoms with Crippen molar-refractivity contribution in [2.24, 2.45) is 0 Å². The van der Waals surface area contributed by atoms with E-state index in [1.54, 1.807) is 11.6 Å². The second kappa shape index (κ2) is 4.67. The number of hydrogen-bond donors (Lipinski definition) is 1. The highest BCUT2D eigenvalue weighted by molar-refractivity contribution is 9.10. The normalized spacial score (nSPS) is 10.5. The number of para-hydroxylation sites is 1. The Morgan fingerprint density at radius 2 is 2.18 bits per heavy atom. The van der Waals surface area contributed by atoms with Crippen molar-refractivity contribution in [3.8, 4) is 5.69 Å². The molecule has 6 heteroatoms. The molecule has 1 aromatic carbocycles. The van der Waals surface area contributed by atoms with Crippen LogP contribution in [-0.2, 0) is 11.2 Å². The lowest BCUT2D eigenvalue weighted by Crippen LogP contribution is -2.09. The number of aryl methyl sites for hydroxylation is 1. The Morgan fingerprint density at radius 1 is 1.47 bits per heavy atom. The minimum atomic E-state index is -0.925. The molecule has 0 spiro atoms. The van der Waals surface area contributed by atoms with E-state index in [4.69, 9.17) is 5.11 Å². The number of aromatic nitrogens is 3. The van der Waals surface area contributed by atoms with E-state index < -0.39 is 5.97 Å². The summed E-state index contributed by atoms with van der Waals surface area (Å²) < 4.78 is 2.39. The van der Waals surface area contributed by atoms with Crippen LogP contribution in [0.3, 0.4) is 0 Å². The Labute approximate surface area is 106 Å². The number of rotatable bonds is 3. The highest BCUT2D eigenvalue weighted by Crippen LogP contribution is 2.21. The molecule has 1 heterocycles. The average molecular weight is 296 g/mol. The van der Waals surface area contributed by atoms with Crippen molar-refractivity contribution in [2.45, 2.75) is 13.3 Å². The van der Waals surface area contributed by atoms with E-state index in [0.29, 0.717) is 11.6 Å². The molecule has 0 saturated heterocycles. The summed E-state index contributed by atoms with van der Waals surface area (Å²) in [4.78, 5) is 14.9. The number of carboxylic acids is 1. The van der Waals surface area contributed by atoms with Crippen molar-refractivity contribution in [1.29, 1.82) is 0 Å². The third-order valence-corrected chi connectivity index (χ3v) is 2.84. The number of aliphatic carboxylic acids is 1. The molecule has 0 atom stereocenters. The first-order chi connectivity index (χ1) is 8.08. The lowest BCUT2D eigenvalue weighted by Gasteiger charge is -2.06. The summed E-state index contributed by atoms with van der Waals surface area (Å²) in [6, 6.07) is 7.47. The Kier molecular flexibility index (Phi) is 3.23. The number of halogens is 1. The second-order valence-electron chi connectivity index (χ2n) is 3.51. The smallest absolute Gasteiger partial charge is 0.311 e. The third-order valence-electron chi connectivity index (χ3n) is 2.17. The predicted octanol–water partition coefficient (Wildman–Crippen LogP) is 1.97. The van der Waals surface area contributed by atoms with Gasteiger partial charge >= 0.3 is 5.97 Å². The lowest BCUT2D eigenvalue weighted by molar-refractivity contribution is -0.136. The molecule has 0 amide bonds. The summed E-state index contributed by atoms with van der Waals surface area (Å²) in [5, 5.41) is 13.0. The predicted molar refractivity (Wildman–Crippen MR) is 65.1 cm³/mol. The molecule has 1 N–H and O–H groups in total. The van der Waals surface area contributed by atoms with Crippen LogP contribution >= 0.6 is 15.9 Å². The van der Waals surface area contributed by atoms with Gasteiger partial charge in [-0.25, -0.2) is 9.67 Å². The molecule has 5 nitrogen and oxygen atoms in total. The molecule has 0 aliphatic rings. The van der Waals surface area contributed by atoms with Crippen molar-refractivity contribution >= 4 is 21.9 Å². The van der Waals surface area contributed by atoms with E-state index in [0.717, 1.165) is 10.2 Å². The van der Waals surface area contributed by atoms with Crippen LogP contribution in [0.4, 0.5) is 0 Å². The maximum atomic E-state index is 10.8. The van der Waals surface area contributed by atoms with Gasteiger partial charge in [-0.1, -0.05) is 12.1 Å². The topological polar surface area (TPSA) is 68.0 Å². The first-order valence-electron chi connectivity index (χ1n) is 4.97. The summed E-state index contributed by atoms with van der Waals surface area (Å²) in [6.07, 6.45) is -0.151. The quantitative estimate of drug-likeness (QED) is 0.940. The van der Waals surface area contributed by atoms with Gasteiger partial charge in [-0.15, -0.1) is 0 Å². The van der Waals surface area contributed by atoms with Crippen molar-refractivity contribution in [2.75, 3.05) is 0 Å². The fourth-order valence-electron chi connectivity index (χ4n) is 1.53. The van der Waals surface area contributed by atoms with Crippen molar-refractivity contribution < 1.29 is 9.90 Å². The Bertz CT molecular complexity index is 566. The highest BCUT2D eigenvalue weighted by atomic mass is 79.9. The maximum absolute atomic E-state index is 10.8. The fraction of sp³-hybridized carbons (Fsp3) is 0.182. The molecule has 0 unspecified atom stereocenters. The molecule has 0 fully saturated rings. The van der Waals surface area contributed by atoms with Gasteiger partial charge in [0.25, 0.3) is 0 Å². The van der Waals surface area contributed by atoms with Gasteiger partial charge in [-0.05, 0) is 35.0 Å². The van der Waals surface area contributed by atoms with Gasteiger partial charge in [0.15, 0.2) is 0 Å². The molecular formula is C11H10BrN3O2. The molecule has 88 valence electrons. The summed E-state index contributed by atoms with van der Waals surface area (Å²) in [7, 11) is 0. The van der Waals surface area contributed by atoms with Crippen molar-refractivity contribution in [3.63, 3.8) is 0 Å². The first-order valence-corrected chi connectivity index (χ1v) is 5.76. The minimum absolute atomic E-state index is 0.151. The van der Waals surface area contributed by atoms with Crippen LogP contribution in [0.2, 0.25) is 0 Å². The molecule has 2 rings (SSSR count). The third kappa shape index (κ3) is 2.52. The van der Waals surface area contributed by atoms with Gasteiger partial charge < -0.3 is 5.11 Å². The van der Waals surface area contributed by atoms with Gasteiger partial charge in [0.2, 0.25) is 0 Å². The molecule has 17 heavy (non-hydrogen) atoms. The summed E-state index contributed by atoms with van der Waals surface area (Å²) in [6.45, 7) is 1.73. The van der Waals surface area contributed by atoms with Crippen LogP contribution < -0.4 is 0 Å². The molecular weight excluding hydrogens is 286 g/mol. The van der Waals surface area contributed by atoms with Gasteiger partial charge in [-0.2, -0.15) is 5.10 Å². The van der Waals surface area contributed by atoms with Gasteiger partial charge in [0.1, 0.15) is 18.1 Å². The molecule has 2 aromatic rings. The Hall–Kier alpha value is -1.69. The lowest BCUT2D eigenvalue weighted by atomic mass is 10.3. The minimum Gasteiger partial charge on any atom is -0.481 e. The zero-order chi connectivity index (χ0) is 12.4. The van der Waals surface area contributed by atoms with Crippen LogP contribution in [0, 0.1) is 6.92 Å². The maximum Gasteiger partial charge on any atom is 0.311 e. The van der Waals surface area contributed by atoms with E-state index >= 15 is 0 Å². The second-order valence-corrected chi connectivity index (χ2v) is 4.36.